The molecule has 0 bridgehead atoms. The van der Waals surface area contributed by atoms with Crippen molar-refractivity contribution in [3.05, 3.63) is 28.5 Å². The fourth-order valence-electron chi connectivity index (χ4n) is 1.84. The van der Waals surface area contributed by atoms with Gasteiger partial charge in [0.25, 0.3) is 0 Å². The summed E-state index contributed by atoms with van der Waals surface area (Å²) in [4.78, 5) is 4.43. The lowest BCUT2D eigenvalue weighted by Gasteiger charge is -2.32. The molecule has 0 spiro atoms. The second kappa shape index (κ2) is 3.04. The second-order valence-electron chi connectivity index (χ2n) is 4.61. The first-order valence-corrected chi connectivity index (χ1v) is 5.66. The number of rotatable bonds is 2. The van der Waals surface area contributed by atoms with E-state index < -0.39 is 0 Å². The maximum Gasteiger partial charge on any atom is 0.0619 e. The van der Waals surface area contributed by atoms with Gasteiger partial charge >= 0.3 is 0 Å². The lowest BCUT2D eigenvalue weighted by atomic mass is 9.79. The van der Waals surface area contributed by atoms with Gasteiger partial charge in [0, 0.05) is 21.6 Å². The Hall–Kier alpha value is -0.410. The Morgan fingerprint density at radius 2 is 2.14 bits per heavy atom. The predicted octanol–water partition coefficient (Wildman–Crippen LogP) is 2.61. The Morgan fingerprint density at radius 3 is 2.64 bits per heavy atom. The van der Waals surface area contributed by atoms with Gasteiger partial charge in [-0.1, -0.05) is 13.8 Å². The molecule has 0 saturated heterocycles. The molecule has 1 fully saturated rings. The van der Waals surface area contributed by atoms with Gasteiger partial charge < -0.3 is 5.73 Å². The first-order valence-electron chi connectivity index (χ1n) is 4.87. The highest BCUT2D eigenvalue weighted by Crippen LogP contribution is 2.49. The van der Waals surface area contributed by atoms with Crippen LogP contribution in [-0.4, -0.2) is 10.5 Å². The highest BCUT2D eigenvalue weighted by molar-refractivity contribution is 9.10. The van der Waals surface area contributed by atoms with E-state index in [1.807, 2.05) is 18.3 Å². The number of hydrogen-bond acceptors (Lipinski definition) is 2. The van der Waals surface area contributed by atoms with Crippen molar-refractivity contribution < 1.29 is 0 Å². The Kier molecular flexibility index (Phi) is 2.20. The van der Waals surface area contributed by atoms with Crippen LogP contribution in [0.1, 0.15) is 32.4 Å². The molecule has 0 atom stereocenters. The van der Waals surface area contributed by atoms with Crippen LogP contribution in [0, 0.1) is 0 Å². The molecule has 0 aliphatic heterocycles. The minimum Gasteiger partial charge on any atom is -0.324 e. The van der Waals surface area contributed by atoms with Crippen LogP contribution in [0.3, 0.4) is 0 Å². The molecule has 1 aromatic heterocycles. The lowest BCUT2D eigenvalue weighted by Crippen LogP contribution is -2.44. The van der Waals surface area contributed by atoms with E-state index in [-0.39, 0.29) is 11.0 Å². The molecule has 1 aliphatic carbocycles. The number of pyridine rings is 1. The Labute approximate surface area is 93.0 Å². The molecule has 0 unspecified atom stereocenters. The molecular formula is C11H15BrN2. The standard InChI is InChI=1S/C11H15BrN2/c1-10(2,11(13)5-6-11)9-8(12)4-3-7-14-9/h3-4,7H,5-6,13H2,1-2H3. The van der Waals surface area contributed by atoms with E-state index in [1.165, 1.54) is 0 Å². The van der Waals surface area contributed by atoms with Crippen molar-refractivity contribution in [2.75, 3.05) is 0 Å². The molecule has 76 valence electrons. The molecule has 0 amide bonds. The van der Waals surface area contributed by atoms with Gasteiger partial charge in [0.1, 0.15) is 0 Å². The monoisotopic (exact) mass is 254 g/mol. The maximum absolute atomic E-state index is 6.26. The van der Waals surface area contributed by atoms with E-state index in [0.717, 1.165) is 23.0 Å². The molecular weight excluding hydrogens is 240 g/mol. The molecule has 3 heteroatoms. The van der Waals surface area contributed by atoms with Gasteiger partial charge in [0.2, 0.25) is 0 Å². The van der Waals surface area contributed by atoms with Crippen molar-refractivity contribution >= 4 is 15.9 Å². The summed E-state index contributed by atoms with van der Waals surface area (Å²) in [6.07, 6.45) is 4.03. The Balaban J connectivity index is 2.44. The third-order valence-corrected chi connectivity index (χ3v) is 4.02. The number of hydrogen-bond donors (Lipinski definition) is 1. The van der Waals surface area contributed by atoms with Crippen LogP contribution >= 0.6 is 15.9 Å². The smallest absolute Gasteiger partial charge is 0.0619 e. The highest BCUT2D eigenvalue weighted by atomic mass is 79.9. The van der Waals surface area contributed by atoms with Crippen molar-refractivity contribution in [3.8, 4) is 0 Å². The summed E-state index contributed by atoms with van der Waals surface area (Å²) in [5, 5.41) is 0. The minimum absolute atomic E-state index is 0.0485. The van der Waals surface area contributed by atoms with Crippen LogP contribution in [0.25, 0.3) is 0 Å². The maximum atomic E-state index is 6.26. The van der Waals surface area contributed by atoms with Gasteiger partial charge in [-0.05, 0) is 40.9 Å². The topological polar surface area (TPSA) is 38.9 Å². The van der Waals surface area contributed by atoms with Crippen LogP contribution in [-0.2, 0) is 5.41 Å². The van der Waals surface area contributed by atoms with E-state index in [2.05, 4.69) is 34.8 Å². The van der Waals surface area contributed by atoms with Gasteiger partial charge in [0.05, 0.1) is 5.69 Å². The molecule has 1 saturated carbocycles. The summed E-state index contributed by atoms with van der Waals surface area (Å²) in [6.45, 7) is 4.35. The SMILES string of the molecule is CC(C)(c1ncccc1Br)C1(N)CC1. The third kappa shape index (κ3) is 1.39. The molecule has 1 aliphatic rings. The molecule has 2 N–H and O–H groups in total. The van der Waals surface area contributed by atoms with Gasteiger partial charge in [-0.3, -0.25) is 4.98 Å². The average molecular weight is 255 g/mol. The summed E-state index contributed by atoms with van der Waals surface area (Å²) >= 11 is 3.53. The van der Waals surface area contributed by atoms with E-state index in [9.17, 15) is 0 Å². The molecule has 2 nitrogen and oxygen atoms in total. The van der Waals surface area contributed by atoms with Crippen LogP contribution in [0.4, 0.5) is 0 Å². The largest absolute Gasteiger partial charge is 0.324 e. The third-order valence-electron chi connectivity index (χ3n) is 3.38. The normalized spacial score (nSPS) is 19.4. The Morgan fingerprint density at radius 1 is 1.50 bits per heavy atom. The minimum atomic E-state index is -0.0517. The summed E-state index contributed by atoms with van der Waals surface area (Å²) in [6, 6.07) is 3.95. The molecule has 14 heavy (non-hydrogen) atoms. The van der Waals surface area contributed by atoms with Crippen molar-refractivity contribution in [1.82, 2.24) is 4.98 Å². The van der Waals surface area contributed by atoms with Gasteiger partial charge in [-0.2, -0.15) is 0 Å². The lowest BCUT2D eigenvalue weighted by molar-refractivity contribution is 0.379. The van der Waals surface area contributed by atoms with Crippen LogP contribution in [0.2, 0.25) is 0 Å². The van der Waals surface area contributed by atoms with Crippen LogP contribution < -0.4 is 5.73 Å². The summed E-state index contributed by atoms with van der Waals surface area (Å²) in [7, 11) is 0. The first kappa shape index (κ1) is 10.1. The average Bonchev–Trinajstić information content (AvgIpc) is 2.86. The first-order chi connectivity index (χ1) is 6.47. The molecule has 1 heterocycles. The quantitative estimate of drug-likeness (QED) is 0.882. The number of aromatic nitrogens is 1. The Bertz CT molecular complexity index is 356. The summed E-state index contributed by atoms with van der Waals surface area (Å²) in [5.74, 6) is 0. The molecule has 1 aromatic rings. The highest BCUT2D eigenvalue weighted by Gasteiger charge is 2.53. The second-order valence-corrected chi connectivity index (χ2v) is 5.47. The van der Waals surface area contributed by atoms with Gasteiger partial charge in [0.15, 0.2) is 0 Å². The van der Waals surface area contributed by atoms with Crippen molar-refractivity contribution in [1.29, 1.82) is 0 Å². The number of halogens is 1. The van der Waals surface area contributed by atoms with E-state index in [0.29, 0.717) is 0 Å². The zero-order chi connectivity index (χ0) is 10.4. The predicted molar refractivity (Wildman–Crippen MR) is 61.1 cm³/mol. The fraction of sp³-hybridized carbons (Fsp3) is 0.545. The van der Waals surface area contributed by atoms with Crippen molar-refractivity contribution in [2.24, 2.45) is 5.73 Å². The summed E-state index contributed by atoms with van der Waals surface area (Å²) < 4.78 is 1.06. The fourth-order valence-corrected chi connectivity index (χ4v) is 2.59. The molecule has 0 aromatic carbocycles. The van der Waals surface area contributed by atoms with E-state index in [1.54, 1.807) is 0 Å². The molecule has 2 rings (SSSR count). The number of nitrogens with two attached hydrogens (primary N) is 1. The van der Waals surface area contributed by atoms with E-state index >= 15 is 0 Å². The number of nitrogens with zero attached hydrogens (tertiary/aromatic N) is 1. The zero-order valence-corrected chi connectivity index (χ0v) is 10.1. The van der Waals surface area contributed by atoms with Gasteiger partial charge in [-0.15, -0.1) is 0 Å². The van der Waals surface area contributed by atoms with Crippen LogP contribution in [0.5, 0.6) is 0 Å². The van der Waals surface area contributed by atoms with E-state index in [4.69, 9.17) is 5.73 Å². The van der Waals surface area contributed by atoms with Crippen LogP contribution in [0.15, 0.2) is 22.8 Å². The zero-order valence-electron chi connectivity index (χ0n) is 8.55. The summed E-state index contributed by atoms with van der Waals surface area (Å²) in [5.41, 5.74) is 7.23. The molecule has 0 radical (unpaired) electrons. The van der Waals surface area contributed by atoms with Crippen molar-refractivity contribution in [3.63, 3.8) is 0 Å². The van der Waals surface area contributed by atoms with Gasteiger partial charge in [-0.25, -0.2) is 0 Å². The van der Waals surface area contributed by atoms with Crippen molar-refractivity contribution in [2.45, 2.75) is 37.6 Å².